The topological polar surface area (TPSA) is 41.6 Å². The van der Waals surface area contributed by atoms with Crippen molar-refractivity contribution in [2.24, 2.45) is 0 Å². The van der Waals surface area contributed by atoms with Gasteiger partial charge in [0.25, 0.3) is 0 Å². The number of nitrogens with zero attached hydrogens (tertiary/aromatic N) is 1. The molecule has 4 nitrogen and oxygen atoms in total. The first-order valence-corrected chi connectivity index (χ1v) is 7.83. The quantitative estimate of drug-likeness (QED) is 0.854. The predicted molar refractivity (Wildman–Crippen MR) is 80.3 cm³/mol. The number of rotatable bonds is 4. The van der Waals surface area contributed by atoms with E-state index in [4.69, 9.17) is 4.74 Å². The lowest BCUT2D eigenvalue weighted by Crippen LogP contribution is -2.37. The molecule has 114 valence electrons. The fraction of sp³-hybridized carbons (Fsp3) is 0.933. The van der Waals surface area contributed by atoms with Crippen LogP contribution in [0.15, 0.2) is 0 Å². The average Bonchev–Trinajstić information content (AvgIpc) is 3.27. The number of carbonyl (C=O) groups is 1. The molecule has 1 aliphatic carbocycles. The Bertz CT molecular complexity index is 222. The molecule has 1 saturated carbocycles. The van der Waals surface area contributed by atoms with Crippen LogP contribution < -0.4 is 5.32 Å². The average molecular weight is 272 g/mol. The maximum atomic E-state index is 11.4. The molecule has 0 aromatic carbocycles. The van der Waals surface area contributed by atoms with Gasteiger partial charge in [-0.2, -0.15) is 0 Å². The summed E-state index contributed by atoms with van der Waals surface area (Å²) >= 11 is 0. The first kappa shape index (κ1) is 18.4. The molecule has 1 saturated heterocycles. The Hall–Kier alpha value is -0.610. The summed E-state index contributed by atoms with van der Waals surface area (Å²) in [6.07, 6.45) is 4.66. The molecule has 0 spiro atoms. The molecule has 1 aliphatic heterocycles. The van der Waals surface area contributed by atoms with Crippen molar-refractivity contribution in [3.8, 4) is 0 Å². The van der Waals surface area contributed by atoms with Crippen molar-refractivity contribution in [1.29, 1.82) is 0 Å². The molecular weight excluding hydrogens is 240 g/mol. The van der Waals surface area contributed by atoms with Crippen molar-refractivity contribution >= 4 is 5.91 Å². The maximum absolute atomic E-state index is 11.4. The molecule has 2 aliphatic rings. The van der Waals surface area contributed by atoms with E-state index in [0.717, 1.165) is 38.8 Å². The molecule has 4 heteroatoms. The first-order valence-electron chi connectivity index (χ1n) is 7.83. The summed E-state index contributed by atoms with van der Waals surface area (Å²) in [7, 11) is 2.12. The minimum absolute atomic E-state index is 0.0522. The van der Waals surface area contributed by atoms with Gasteiger partial charge in [-0.05, 0) is 32.7 Å². The van der Waals surface area contributed by atoms with E-state index in [2.05, 4.69) is 17.3 Å². The normalized spacial score (nSPS) is 19.6. The van der Waals surface area contributed by atoms with Crippen LogP contribution >= 0.6 is 0 Å². The predicted octanol–water partition coefficient (Wildman–Crippen LogP) is 2.43. The summed E-state index contributed by atoms with van der Waals surface area (Å²) in [6.45, 7) is 10.4. The molecule has 2 rings (SSSR count). The zero-order chi connectivity index (χ0) is 14.7. The van der Waals surface area contributed by atoms with E-state index in [0.29, 0.717) is 6.04 Å². The van der Waals surface area contributed by atoms with Crippen LogP contribution in [0.25, 0.3) is 0 Å². The van der Waals surface area contributed by atoms with Gasteiger partial charge in [0.2, 0.25) is 5.91 Å². The largest absolute Gasteiger partial charge is 0.368 e. The summed E-state index contributed by atoms with van der Waals surface area (Å²) in [5.74, 6) is 0.0522. The van der Waals surface area contributed by atoms with Crippen molar-refractivity contribution < 1.29 is 9.53 Å². The second-order valence-corrected chi connectivity index (χ2v) is 4.66. The number of ether oxygens (including phenoxy) is 1. The minimum atomic E-state index is 0.0522. The number of carbonyl (C=O) groups excluding carboxylic acids is 1. The van der Waals surface area contributed by atoms with Gasteiger partial charge in [0.15, 0.2) is 0 Å². The molecular formula is C15H32N2O2. The van der Waals surface area contributed by atoms with Gasteiger partial charge in [-0.15, -0.1) is 0 Å². The summed E-state index contributed by atoms with van der Waals surface area (Å²) in [6, 6.07) is 0.443. The summed E-state index contributed by atoms with van der Waals surface area (Å²) in [5, 5.41) is 2.93. The van der Waals surface area contributed by atoms with Crippen molar-refractivity contribution in [1.82, 2.24) is 10.2 Å². The monoisotopic (exact) mass is 272 g/mol. The Morgan fingerprint density at radius 1 is 1.11 bits per heavy atom. The lowest BCUT2D eigenvalue weighted by atomic mass is 10.1. The molecule has 1 heterocycles. The Kier molecular flexibility index (Phi) is 10.9. The fourth-order valence-corrected chi connectivity index (χ4v) is 1.84. The maximum Gasteiger partial charge on any atom is 0.246 e. The van der Waals surface area contributed by atoms with Crippen molar-refractivity contribution in [3.63, 3.8) is 0 Å². The van der Waals surface area contributed by atoms with Crippen LogP contribution in [0.1, 0.15) is 53.4 Å². The summed E-state index contributed by atoms with van der Waals surface area (Å²) in [5.41, 5.74) is 0. The molecule has 1 N–H and O–H groups in total. The van der Waals surface area contributed by atoms with Gasteiger partial charge in [-0.25, -0.2) is 0 Å². The van der Waals surface area contributed by atoms with Crippen LogP contribution in [0.2, 0.25) is 0 Å². The molecule has 0 aromatic heterocycles. The zero-order valence-electron chi connectivity index (χ0n) is 13.4. The summed E-state index contributed by atoms with van der Waals surface area (Å²) in [4.78, 5) is 13.6. The highest BCUT2D eigenvalue weighted by molar-refractivity contribution is 5.77. The second kappa shape index (κ2) is 11.2. The smallest absolute Gasteiger partial charge is 0.246 e. The lowest BCUT2D eigenvalue weighted by molar-refractivity contribution is -0.128. The highest BCUT2D eigenvalue weighted by atomic mass is 16.5. The van der Waals surface area contributed by atoms with E-state index < -0.39 is 0 Å². The van der Waals surface area contributed by atoms with E-state index in [1.165, 1.54) is 0 Å². The van der Waals surface area contributed by atoms with Crippen LogP contribution in [-0.4, -0.2) is 49.7 Å². The molecule has 0 aromatic rings. The second-order valence-electron chi connectivity index (χ2n) is 4.66. The molecule has 0 unspecified atom stereocenters. The first-order chi connectivity index (χ1) is 9.24. The van der Waals surface area contributed by atoms with Crippen LogP contribution in [-0.2, 0) is 9.53 Å². The molecule has 2 fully saturated rings. The van der Waals surface area contributed by atoms with Gasteiger partial charge >= 0.3 is 0 Å². The van der Waals surface area contributed by atoms with E-state index in [9.17, 15) is 4.79 Å². The lowest BCUT2D eigenvalue weighted by Gasteiger charge is -2.28. The van der Waals surface area contributed by atoms with Crippen LogP contribution in [0.3, 0.4) is 0 Å². The Labute approximate surface area is 118 Å². The third-order valence-electron chi connectivity index (χ3n) is 3.06. The van der Waals surface area contributed by atoms with Crippen LogP contribution in [0, 0.1) is 0 Å². The number of amides is 1. The highest BCUT2D eigenvalue weighted by Crippen LogP contribution is 2.18. The van der Waals surface area contributed by atoms with E-state index in [1.54, 1.807) is 0 Å². The number of likely N-dealkylation sites (tertiary alicyclic amines) is 1. The van der Waals surface area contributed by atoms with Crippen LogP contribution in [0.4, 0.5) is 0 Å². The number of piperidine rings is 1. The third kappa shape index (κ3) is 9.00. The highest BCUT2D eigenvalue weighted by Gasteiger charge is 2.24. The summed E-state index contributed by atoms with van der Waals surface area (Å²) < 4.78 is 5.58. The van der Waals surface area contributed by atoms with Gasteiger partial charge in [0.05, 0.1) is 6.10 Å². The minimum Gasteiger partial charge on any atom is -0.368 e. The van der Waals surface area contributed by atoms with Gasteiger partial charge in [-0.3, -0.25) is 4.79 Å². The van der Waals surface area contributed by atoms with Crippen molar-refractivity contribution in [2.75, 3.05) is 26.7 Å². The van der Waals surface area contributed by atoms with Gasteiger partial charge in [-0.1, -0.05) is 27.7 Å². The van der Waals surface area contributed by atoms with Gasteiger partial charge in [0, 0.05) is 19.1 Å². The van der Waals surface area contributed by atoms with E-state index in [-0.39, 0.29) is 18.6 Å². The molecule has 1 amide bonds. The number of hydrogen-bond acceptors (Lipinski definition) is 3. The van der Waals surface area contributed by atoms with Crippen molar-refractivity contribution in [2.45, 2.75) is 65.5 Å². The standard InChI is InChI=1S/C11H20N2O2.2C2H6/c1-13-6-4-10(5-7-13)15-8-11(14)12-9-2-3-9;2*1-2/h9-10H,2-8H2,1H3,(H,12,14);2*1-2H3. The molecule has 0 radical (unpaired) electrons. The fourth-order valence-electron chi connectivity index (χ4n) is 1.84. The van der Waals surface area contributed by atoms with E-state index in [1.807, 2.05) is 27.7 Å². The third-order valence-corrected chi connectivity index (χ3v) is 3.06. The SMILES string of the molecule is CC.CC.CN1CCC(OCC(=O)NC2CC2)CC1. The van der Waals surface area contributed by atoms with E-state index >= 15 is 0 Å². The van der Waals surface area contributed by atoms with Crippen LogP contribution in [0.5, 0.6) is 0 Å². The van der Waals surface area contributed by atoms with Gasteiger partial charge < -0.3 is 15.0 Å². The Balaban J connectivity index is 0.000000741. The van der Waals surface area contributed by atoms with Gasteiger partial charge in [0.1, 0.15) is 6.61 Å². The molecule has 19 heavy (non-hydrogen) atoms. The number of nitrogens with one attached hydrogen (secondary N) is 1. The number of hydrogen-bond donors (Lipinski definition) is 1. The Morgan fingerprint density at radius 2 is 1.63 bits per heavy atom. The van der Waals surface area contributed by atoms with Crippen molar-refractivity contribution in [3.05, 3.63) is 0 Å². The Morgan fingerprint density at radius 3 is 2.11 bits per heavy atom. The molecule has 0 atom stereocenters. The molecule has 0 bridgehead atoms. The zero-order valence-corrected chi connectivity index (χ0v) is 13.4.